The van der Waals surface area contributed by atoms with Crippen molar-refractivity contribution >= 4 is 33.2 Å². The Hall–Kier alpha value is -3.08. The second-order valence-electron chi connectivity index (χ2n) is 9.95. The summed E-state index contributed by atoms with van der Waals surface area (Å²) in [7, 11) is -2.09. The van der Waals surface area contributed by atoms with E-state index < -0.39 is 39.0 Å². The number of thiophene rings is 1. The standard InChI is InChI=1S/C23H28F3N7O4S2/c1-22(2,35)9-17-14(20(27)34)8-16(38-17)19-15(23(24,25)26)10-28-21(31-19)30-13-4-6-33(7-5-13)39(36,37)18-11-32(3)12-29-18/h8,10-13,35H,4-7,9H2,1-3H3,(H2,27,34)(H,28,30,31). The van der Waals surface area contributed by atoms with E-state index >= 15 is 0 Å². The molecule has 4 heterocycles. The summed E-state index contributed by atoms with van der Waals surface area (Å²) in [5.74, 6) is -0.896. The number of sulfonamides is 1. The summed E-state index contributed by atoms with van der Waals surface area (Å²) in [6.07, 6.45) is -0.546. The Balaban J connectivity index is 1.57. The minimum Gasteiger partial charge on any atom is -0.390 e. The molecule has 1 aliphatic rings. The van der Waals surface area contributed by atoms with Gasteiger partial charge in [-0.1, -0.05) is 0 Å². The molecule has 4 rings (SSSR count). The lowest BCUT2D eigenvalue weighted by molar-refractivity contribution is -0.137. The van der Waals surface area contributed by atoms with E-state index in [-0.39, 0.29) is 47.0 Å². The van der Waals surface area contributed by atoms with Gasteiger partial charge in [0.25, 0.3) is 10.0 Å². The zero-order valence-electron chi connectivity index (χ0n) is 21.4. The number of anilines is 1. The highest BCUT2D eigenvalue weighted by Gasteiger charge is 2.37. The molecule has 0 atom stereocenters. The Kier molecular flexibility index (Phi) is 7.77. The predicted molar refractivity (Wildman–Crippen MR) is 137 cm³/mol. The van der Waals surface area contributed by atoms with Crippen molar-refractivity contribution in [1.82, 2.24) is 23.8 Å². The van der Waals surface area contributed by atoms with Gasteiger partial charge in [0.15, 0.2) is 5.03 Å². The monoisotopic (exact) mass is 587 g/mol. The molecule has 3 aromatic heterocycles. The number of primary amides is 1. The zero-order valence-corrected chi connectivity index (χ0v) is 23.0. The third-order valence-electron chi connectivity index (χ3n) is 6.07. The van der Waals surface area contributed by atoms with Crippen molar-refractivity contribution in [3.8, 4) is 10.6 Å². The summed E-state index contributed by atoms with van der Waals surface area (Å²) in [4.78, 5) is 24.3. The maximum Gasteiger partial charge on any atom is 0.420 e. The number of alkyl halides is 3. The van der Waals surface area contributed by atoms with E-state index in [1.165, 1.54) is 41.3 Å². The van der Waals surface area contributed by atoms with E-state index in [2.05, 4.69) is 20.3 Å². The largest absolute Gasteiger partial charge is 0.420 e. The van der Waals surface area contributed by atoms with Crippen LogP contribution in [-0.4, -0.2) is 68.0 Å². The second kappa shape index (κ2) is 10.5. The van der Waals surface area contributed by atoms with Crippen LogP contribution in [0.5, 0.6) is 0 Å². The molecule has 1 amide bonds. The van der Waals surface area contributed by atoms with Crippen molar-refractivity contribution in [3.63, 3.8) is 0 Å². The van der Waals surface area contributed by atoms with Gasteiger partial charge in [-0.25, -0.2) is 23.4 Å². The van der Waals surface area contributed by atoms with Gasteiger partial charge in [0.05, 0.1) is 28.1 Å². The van der Waals surface area contributed by atoms with Crippen LogP contribution < -0.4 is 11.1 Å². The van der Waals surface area contributed by atoms with E-state index in [4.69, 9.17) is 5.73 Å². The van der Waals surface area contributed by atoms with Crippen molar-refractivity contribution in [2.45, 2.75) is 56.0 Å². The van der Waals surface area contributed by atoms with Crippen molar-refractivity contribution in [3.05, 3.63) is 40.8 Å². The van der Waals surface area contributed by atoms with Crippen molar-refractivity contribution in [2.75, 3.05) is 18.4 Å². The number of hydrogen-bond acceptors (Lipinski definition) is 9. The molecule has 1 saturated heterocycles. The topological polar surface area (TPSA) is 156 Å². The Morgan fingerprint density at radius 1 is 1.26 bits per heavy atom. The maximum atomic E-state index is 13.9. The Morgan fingerprint density at radius 3 is 2.46 bits per heavy atom. The number of piperidine rings is 1. The van der Waals surface area contributed by atoms with Crippen LogP contribution in [0.3, 0.4) is 0 Å². The number of carbonyl (C=O) groups excluding carboxylic acids is 1. The number of nitrogens with zero attached hydrogens (tertiary/aromatic N) is 5. The highest BCUT2D eigenvalue weighted by atomic mass is 32.2. The smallest absolute Gasteiger partial charge is 0.390 e. The number of nitrogens with one attached hydrogen (secondary N) is 1. The number of hydrogen-bond donors (Lipinski definition) is 3. The van der Waals surface area contributed by atoms with E-state index in [1.807, 2.05) is 0 Å². The molecule has 3 aromatic rings. The minimum absolute atomic E-state index is 0.00741. The molecule has 0 spiro atoms. The third-order valence-corrected chi connectivity index (χ3v) is 8.99. The fourth-order valence-electron chi connectivity index (χ4n) is 4.20. The Morgan fingerprint density at radius 2 is 1.92 bits per heavy atom. The third kappa shape index (κ3) is 6.57. The number of amides is 1. The van der Waals surface area contributed by atoms with Crippen LogP contribution in [0.4, 0.5) is 19.1 Å². The Bertz CT molecular complexity index is 1470. The van der Waals surface area contributed by atoms with E-state index in [0.717, 1.165) is 11.3 Å². The number of carbonyl (C=O) groups is 1. The normalized spacial score (nSPS) is 16.0. The molecule has 0 aliphatic carbocycles. The number of aliphatic hydroxyl groups is 1. The lowest BCUT2D eigenvalue weighted by Crippen LogP contribution is -2.42. The highest BCUT2D eigenvalue weighted by molar-refractivity contribution is 7.89. The van der Waals surface area contributed by atoms with Crippen LogP contribution in [0.25, 0.3) is 10.6 Å². The van der Waals surface area contributed by atoms with Crippen LogP contribution in [-0.2, 0) is 29.7 Å². The number of imidazole rings is 1. The molecule has 1 aliphatic heterocycles. The van der Waals surface area contributed by atoms with Gasteiger partial charge in [0.2, 0.25) is 11.9 Å². The highest BCUT2D eigenvalue weighted by Crippen LogP contribution is 2.40. The number of halogens is 3. The van der Waals surface area contributed by atoms with Gasteiger partial charge in [0, 0.05) is 49.9 Å². The van der Waals surface area contributed by atoms with Gasteiger partial charge in [0.1, 0.15) is 5.56 Å². The molecule has 39 heavy (non-hydrogen) atoms. The summed E-state index contributed by atoms with van der Waals surface area (Å²) in [6, 6.07) is 0.955. The average Bonchev–Trinajstić information content (AvgIpc) is 3.44. The summed E-state index contributed by atoms with van der Waals surface area (Å²) >= 11 is 0.896. The molecule has 11 nitrogen and oxygen atoms in total. The van der Waals surface area contributed by atoms with Gasteiger partial charge in [-0.15, -0.1) is 11.3 Å². The van der Waals surface area contributed by atoms with Crippen LogP contribution >= 0.6 is 11.3 Å². The minimum atomic E-state index is -4.77. The first-order chi connectivity index (χ1) is 18.0. The predicted octanol–water partition coefficient (Wildman–Crippen LogP) is 2.63. The lowest BCUT2D eigenvalue weighted by Gasteiger charge is -2.31. The fourth-order valence-corrected chi connectivity index (χ4v) is 7.03. The van der Waals surface area contributed by atoms with E-state index in [0.29, 0.717) is 23.9 Å². The van der Waals surface area contributed by atoms with Gasteiger partial charge >= 0.3 is 6.18 Å². The van der Waals surface area contributed by atoms with Gasteiger partial charge < -0.3 is 20.7 Å². The molecule has 1 fully saturated rings. The van der Waals surface area contributed by atoms with Crippen LogP contribution in [0.15, 0.2) is 29.8 Å². The van der Waals surface area contributed by atoms with Crippen molar-refractivity contribution in [1.29, 1.82) is 0 Å². The number of nitrogens with two attached hydrogens (primary N) is 1. The summed E-state index contributed by atoms with van der Waals surface area (Å²) in [6.45, 7) is 3.38. The van der Waals surface area contributed by atoms with Gasteiger partial charge in [-0.2, -0.15) is 17.5 Å². The van der Waals surface area contributed by atoms with Crippen LogP contribution in [0, 0.1) is 0 Å². The van der Waals surface area contributed by atoms with E-state index in [9.17, 15) is 31.5 Å². The summed E-state index contributed by atoms with van der Waals surface area (Å²) in [5, 5.41) is 13.2. The molecule has 4 N–H and O–H groups in total. The molecule has 0 bridgehead atoms. The quantitative estimate of drug-likeness (QED) is 0.363. The van der Waals surface area contributed by atoms with Crippen LogP contribution in [0.2, 0.25) is 0 Å². The molecule has 0 radical (unpaired) electrons. The first kappa shape index (κ1) is 28.9. The average molecular weight is 588 g/mol. The maximum absolute atomic E-state index is 13.9. The van der Waals surface area contributed by atoms with Gasteiger partial charge in [-0.3, -0.25) is 4.79 Å². The number of aromatic nitrogens is 4. The van der Waals surface area contributed by atoms with Crippen molar-refractivity contribution < 1.29 is 31.5 Å². The SMILES string of the molecule is Cn1cnc(S(=O)(=O)N2CCC(Nc3ncc(C(F)(F)F)c(-c4cc(C(N)=O)c(CC(C)(C)O)s4)n3)CC2)c1. The summed E-state index contributed by atoms with van der Waals surface area (Å²) in [5.41, 5.74) is 2.72. The molecular weight excluding hydrogens is 559 g/mol. The van der Waals surface area contributed by atoms with E-state index in [1.54, 1.807) is 7.05 Å². The molecule has 0 saturated carbocycles. The van der Waals surface area contributed by atoms with Crippen molar-refractivity contribution in [2.24, 2.45) is 12.8 Å². The second-order valence-corrected chi connectivity index (χ2v) is 13.0. The molecule has 212 valence electrons. The first-order valence-corrected chi connectivity index (χ1v) is 14.1. The fraction of sp³-hybridized carbons (Fsp3) is 0.478. The number of rotatable bonds is 8. The zero-order chi connectivity index (χ0) is 28.8. The summed E-state index contributed by atoms with van der Waals surface area (Å²) < 4.78 is 70.1. The molecule has 0 aromatic carbocycles. The lowest BCUT2D eigenvalue weighted by atomic mass is 10.0. The molecule has 16 heteroatoms. The van der Waals surface area contributed by atoms with Gasteiger partial charge in [-0.05, 0) is 32.8 Å². The Labute approximate surface area is 227 Å². The van der Waals surface area contributed by atoms with Crippen LogP contribution in [0.1, 0.15) is 47.5 Å². The first-order valence-electron chi connectivity index (χ1n) is 11.9. The molecular formula is C23H28F3N7O4S2. The number of aryl methyl sites for hydroxylation is 1. The molecule has 0 unspecified atom stereocenters.